The minimum absolute atomic E-state index is 0.175. The van der Waals surface area contributed by atoms with Crippen LogP contribution in [-0.2, 0) is 20.9 Å². The van der Waals surface area contributed by atoms with Crippen molar-refractivity contribution in [3.05, 3.63) is 41.5 Å². The van der Waals surface area contributed by atoms with Crippen LogP contribution in [0.4, 0.5) is 10.5 Å². The molecule has 1 fully saturated rings. The molecule has 0 bridgehead atoms. The van der Waals surface area contributed by atoms with Gasteiger partial charge in [0.25, 0.3) is 0 Å². The van der Waals surface area contributed by atoms with Gasteiger partial charge in [-0.3, -0.25) is 19.3 Å². The summed E-state index contributed by atoms with van der Waals surface area (Å²) < 4.78 is 0. The molecule has 31 heavy (non-hydrogen) atoms. The van der Waals surface area contributed by atoms with Gasteiger partial charge in [-0.25, -0.2) is 9.69 Å². The fourth-order valence-electron chi connectivity index (χ4n) is 3.79. The number of carbonyl (C=O) groups is 4. The molecule has 0 saturated carbocycles. The van der Waals surface area contributed by atoms with Crippen LogP contribution in [0, 0.1) is 0 Å². The van der Waals surface area contributed by atoms with Gasteiger partial charge in [0.05, 0.1) is 0 Å². The highest BCUT2D eigenvalue weighted by molar-refractivity contribution is 6.45. The third-order valence-electron chi connectivity index (χ3n) is 5.77. The summed E-state index contributed by atoms with van der Waals surface area (Å²) in [6.45, 7) is 0.0808. The van der Waals surface area contributed by atoms with Gasteiger partial charge in [-0.2, -0.15) is 0 Å². The van der Waals surface area contributed by atoms with Crippen LogP contribution in [0.1, 0.15) is 37.7 Å². The van der Waals surface area contributed by atoms with Gasteiger partial charge in [0.2, 0.25) is 5.91 Å². The summed E-state index contributed by atoms with van der Waals surface area (Å²) in [4.78, 5) is 55.0. The number of benzene rings is 1. The third kappa shape index (κ3) is 5.31. The van der Waals surface area contributed by atoms with Crippen LogP contribution in [0.3, 0.4) is 0 Å². The molecular weight excluding hydrogens is 396 g/mol. The SMILES string of the molecule is CN(Cc1ccc(N(C)C)cc1)C(=O)CN1C(=O)C(=O)N(CCC2=CCCCC2)C1=O. The third-order valence-corrected chi connectivity index (χ3v) is 5.77. The Morgan fingerprint density at radius 3 is 2.26 bits per heavy atom. The summed E-state index contributed by atoms with van der Waals surface area (Å²) in [7, 11) is 5.51. The minimum Gasteiger partial charge on any atom is -0.378 e. The molecule has 1 heterocycles. The number of amides is 5. The topological polar surface area (TPSA) is 81.2 Å². The maximum atomic E-state index is 12.6. The van der Waals surface area contributed by atoms with E-state index in [1.54, 1.807) is 7.05 Å². The zero-order valence-corrected chi connectivity index (χ0v) is 18.5. The number of imide groups is 2. The molecule has 0 unspecified atom stereocenters. The summed E-state index contributed by atoms with van der Waals surface area (Å²) in [5.41, 5.74) is 3.20. The first-order valence-corrected chi connectivity index (χ1v) is 10.6. The molecule has 1 aromatic rings. The lowest BCUT2D eigenvalue weighted by Gasteiger charge is -2.21. The molecule has 0 N–H and O–H groups in total. The molecule has 1 aliphatic heterocycles. The molecule has 5 amide bonds. The van der Waals surface area contributed by atoms with Crippen LogP contribution in [0.25, 0.3) is 0 Å². The monoisotopic (exact) mass is 426 g/mol. The molecule has 2 aliphatic rings. The van der Waals surface area contributed by atoms with Gasteiger partial charge in [0.1, 0.15) is 6.54 Å². The quantitative estimate of drug-likeness (QED) is 0.362. The Balaban J connectivity index is 1.56. The number of carbonyl (C=O) groups excluding carboxylic acids is 4. The molecule has 1 saturated heterocycles. The van der Waals surface area contributed by atoms with Crippen molar-refractivity contribution in [2.24, 2.45) is 0 Å². The van der Waals surface area contributed by atoms with E-state index in [1.807, 2.05) is 43.3 Å². The van der Waals surface area contributed by atoms with Crippen LogP contribution in [-0.4, -0.2) is 72.7 Å². The minimum atomic E-state index is -0.931. The van der Waals surface area contributed by atoms with Crippen LogP contribution in [0.15, 0.2) is 35.9 Å². The Bertz CT molecular complexity index is 891. The maximum absolute atomic E-state index is 12.6. The summed E-state index contributed by atoms with van der Waals surface area (Å²) in [5, 5.41) is 0. The van der Waals surface area contributed by atoms with Crippen molar-refractivity contribution in [3.8, 4) is 0 Å². The fourth-order valence-corrected chi connectivity index (χ4v) is 3.79. The zero-order valence-electron chi connectivity index (χ0n) is 18.5. The average Bonchev–Trinajstić information content (AvgIpc) is 2.96. The highest BCUT2D eigenvalue weighted by Crippen LogP contribution is 2.22. The van der Waals surface area contributed by atoms with Crippen molar-refractivity contribution in [1.82, 2.24) is 14.7 Å². The van der Waals surface area contributed by atoms with Crippen LogP contribution in [0.5, 0.6) is 0 Å². The number of anilines is 1. The molecule has 8 heteroatoms. The standard InChI is InChI=1S/C23H30N4O4/c1-24(2)19-11-9-18(10-12-19)15-25(3)20(28)16-27-22(30)21(29)26(23(27)31)14-13-17-7-5-4-6-8-17/h7,9-12H,4-6,8,13-16H2,1-3H3. The van der Waals surface area contributed by atoms with Crippen LogP contribution >= 0.6 is 0 Å². The normalized spacial score (nSPS) is 16.6. The van der Waals surface area contributed by atoms with E-state index in [0.717, 1.165) is 46.7 Å². The number of allylic oxidation sites excluding steroid dienone is 1. The second-order valence-electron chi connectivity index (χ2n) is 8.30. The van der Waals surface area contributed by atoms with E-state index in [0.29, 0.717) is 13.0 Å². The highest BCUT2D eigenvalue weighted by Gasteiger charge is 2.45. The molecule has 166 valence electrons. The number of urea groups is 1. The zero-order chi connectivity index (χ0) is 22.5. The van der Waals surface area contributed by atoms with E-state index >= 15 is 0 Å². The van der Waals surface area contributed by atoms with Crippen molar-refractivity contribution in [2.45, 2.75) is 38.6 Å². The van der Waals surface area contributed by atoms with Crippen molar-refractivity contribution in [2.75, 3.05) is 39.1 Å². The largest absolute Gasteiger partial charge is 0.378 e. The van der Waals surface area contributed by atoms with Crippen molar-refractivity contribution < 1.29 is 19.2 Å². The van der Waals surface area contributed by atoms with Gasteiger partial charge in [-0.1, -0.05) is 23.8 Å². The van der Waals surface area contributed by atoms with Gasteiger partial charge < -0.3 is 9.80 Å². The van der Waals surface area contributed by atoms with Gasteiger partial charge >= 0.3 is 17.8 Å². The van der Waals surface area contributed by atoms with Crippen molar-refractivity contribution >= 4 is 29.4 Å². The highest BCUT2D eigenvalue weighted by atomic mass is 16.2. The number of rotatable bonds is 8. The first kappa shape index (κ1) is 22.5. The Morgan fingerprint density at radius 2 is 1.65 bits per heavy atom. The Hall–Kier alpha value is -3.16. The predicted molar refractivity (Wildman–Crippen MR) is 117 cm³/mol. The van der Waals surface area contributed by atoms with E-state index in [9.17, 15) is 19.2 Å². The van der Waals surface area contributed by atoms with Gasteiger partial charge in [-0.15, -0.1) is 0 Å². The first-order valence-electron chi connectivity index (χ1n) is 10.6. The summed E-state index contributed by atoms with van der Waals surface area (Å²) >= 11 is 0. The first-order chi connectivity index (χ1) is 14.8. The Labute approximate surface area is 183 Å². The fraction of sp³-hybridized carbons (Fsp3) is 0.478. The van der Waals surface area contributed by atoms with E-state index in [1.165, 1.54) is 10.5 Å². The molecular formula is C23H30N4O4. The summed E-state index contributed by atoms with van der Waals surface area (Å²) in [6.07, 6.45) is 6.98. The predicted octanol–water partition coefficient (Wildman–Crippen LogP) is 2.39. The number of likely N-dealkylation sites (N-methyl/N-ethyl adjacent to an activating group) is 1. The molecule has 1 aliphatic carbocycles. The number of hydrogen-bond acceptors (Lipinski definition) is 5. The molecule has 8 nitrogen and oxygen atoms in total. The van der Waals surface area contributed by atoms with Crippen molar-refractivity contribution in [1.29, 1.82) is 0 Å². The second-order valence-corrected chi connectivity index (χ2v) is 8.30. The number of nitrogens with zero attached hydrogens (tertiary/aromatic N) is 4. The molecule has 0 spiro atoms. The maximum Gasteiger partial charge on any atom is 0.334 e. The lowest BCUT2D eigenvalue weighted by molar-refractivity contribution is -0.144. The molecule has 0 radical (unpaired) electrons. The van der Waals surface area contributed by atoms with Gasteiger partial charge in [-0.05, 0) is 49.8 Å². The lowest BCUT2D eigenvalue weighted by Crippen LogP contribution is -2.42. The summed E-state index contributed by atoms with van der Waals surface area (Å²) in [5.74, 6) is -2.18. The molecule has 0 aromatic heterocycles. The van der Waals surface area contributed by atoms with Gasteiger partial charge in [0.15, 0.2) is 0 Å². The van der Waals surface area contributed by atoms with E-state index < -0.39 is 30.3 Å². The average molecular weight is 427 g/mol. The molecule has 0 atom stereocenters. The van der Waals surface area contributed by atoms with Gasteiger partial charge in [0, 0.05) is 39.9 Å². The van der Waals surface area contributed by atoms with Crippen LogP contribution in [0.2, 0.25) is 0 Å². The smallest absolute Gasteiger partial charge is 0.334 e. The molecule has 1 aromatic carbocycles. The Kier molecular flexibility index (Phi) is 7.09. The van der Waals surface area contributed by atoms with Crippen molar-refractivity contribution in [3.63, 3.8) is 0 Å². The molecule has 3 rings (SSSR count). The van der Waals surface area contributed by atoms with E-state index in [2.05, 4.69) is 6.08 Å². The number of hydrogen-bond donors (Lipinski definition) is 0. The Morgan fingerprint density at radius 1 is 0.968 bits per heavy atom. The lowest BCUT2D eigenvalue weighted by atomic mass is 9.97. The second kappa shape index (κ2) is 9.76. The summed E-state index contributed by atoms with van der Waals surface area (Å²) in [6, 6.07) is 7.06. The van der Waals surface area contributed by atoms with E-state index in [-0.39, 0.29) is 6.54 Å². The van der Waals surface area contributed by atoms with E-state index in [4.69, 9.17) is 0 Å². The van der Waals surface area contributed by atoms with Crippen LogP contribution < -0.4 is 4.90 Å².